The number of hydrogen-bond acceptors (Lipinski definition) is 3. The maximum absolute atomic E-state index is 11.1. The van der Waals surface area contributed by atoms with Gasteiger partial charge in [-0.15, -0.1) is 0 Å². The molecule has 1 N–H and O–H groups in total. The summed E-state index contributed by atoms with van der Waals surface area (Å²) in [5.74, 6) is -0.492. The molecule has 2 aromatic rings. The van der Waals surface area contributed by atoms with Crippen LogP contribution < -0.4 is 9.47 Å². The van der Waals surface area contributed by atoms with E-state index in [1.54, 1.807) is 13.0 Å². The van der Waals surface area contributed by atoms with Gasteiger partial charge >= 0.3 is 5.97 Å². The zero-order valence-corrected chi connectivity index (χ0v) is 13.3. The molecule has 0 heterocycles. The maximum atomic E-state index is 11.1. The van der Waals surface area contributed by atoms with Crippen molar-refractivity contribution in [2.24, 2.45) is 0 Å². The van der Waals surface area contributed by atoms with Crippen LogP contribution in [0.2, 0.25) is 10.0 Å². The number of ether oxygens (including phenoxy) is 2. The van der Waals surface area contributed by atoms with Gasteiger partial charge in [0.1, 0.15) is 6.61 Å². The molecule has 0 fully saturated rings. The highest BCUT2D eigenvalue weighted by atomic mass is 35.5. The Morgan fingerprint density at radius 2 is 1.86 bits per heavy atom. The Morgan fingerprint density at radius 1 is 1.14 bits per heavy atom. The van der Waals surface area contributed by atoms with E-state index in [-0.39, 0.29) is 17.2 Å². The Bertz CT molecular complexity index is 686. The predicted octanol–water partition coefficient (Wildman–Crippen LogP) is 4.67. The molecule has 6 heteroatoms. The molecule has 0 spiro atoms. The largest absolute Gasteiger partial charge is 0.490 e. The molecule has 0 aliphatic carbocycles. The van der Waals surface area contributed by atoms with Crippen LogP contribution in [0.5, 0.6) is 11.5 Å². The molecule has 0 saturated carbocycles. The van der Waals surface area contributed by atoms with Crippen molar-refractivity contribution in [2.45, 2.75) is 13.5 Å². The van der Waals surface area contributed by atoms with Crippen molar-refractivity contribution >= 4 is 29.2 Å². The van der Waals surface area contributed by atoms with E-state index in [1.165, 1.54) is 12.1 Å². The van der Waals surface area contributed by atoms with Crippen LogP contribution in [-0.2, 0) is 6.61 Å². The highest BCUT2D eigenvalue weighted by Gasteiger charge is 2.16. The van der Waals surface area contributed by atoms with Crippen molar-refractivity contribution in [2.75, 3.05) is 6.61 Å². The van der Waals surface area contributed by atoms with E-state index < -0.39 is 5.97 Å². The normalized spacial score (nSPS) is 10.3. The molecule has 22 heavy (non-hydrogen) atoms. The highest BCUT2D eigenvalue weighted by molar-refractivity contribution is 6.32. The third-order valence-corrected chi connectivity index (χ3v) is 3.54. The van der Waals surface area contributed by atoms with Gasteiger partial charge in [-0.2, -0.15) is 0 Å². The Kier molecular flexibility index (Phi) is 5.52. The highest BCUT2D eigenvalue weighted by Crippen LogP contribution is 2.37. The zero-order chi connectivity index (χ0) is 16.1. The minimum Gasteiger partial charge on any atom is -0.490 e. The summed E-state index contributed by atoms with van der Waals surface area (Å²) in [6, 6.07) is 9.99. The zero-order valence-electron chi connectivity index (χ0n) is 11.8. The van der Waals surface area contributed by atoms with Gasteiger partial charge in [0.05, 0.1) is 17.2 Å². The average molecular weight is 341 g/mol. The van der Waals surface area contributed by atoms with Gasteiger partial charge in [0.25, 0.3) is 0 Å². The lowest BCUT2D eigenvalue weighted by Crippen LogP contribution is -2.04. The molecule has 2 aromatic carbocycles. The van der Waals surface area contributed by atoms with E-state index in [1.807, 2.05) is 18.2 Å². The van der Waals surface area contributed by atoms with Crippen LogP contribution in [0.4, 0.5) is 0 Å². The second-order valence-corrected chi connectivity index (χ2v) is 5.22. The lowest BCUT2D eigenvalue weighted by molar-refractivity contribution is 0.0696. The average Bonchev–Trinajstić information content (AvgIpc) is 2.48. The Hall–Kier alpha value is -1.91. The second-order valence-electron chi connectivity index (χ2n) is 4.40. The van der Waals surface area contributed by atoms with Crippen LogP contribution in [-0.4, -0.2) is 17.7 Å². The van der Waals surface area contributed by atoms with Crippen molar-refractivity contribution in [3.63, 3.8) is 0 Å². The van der Waals surface area contributed by atoms with Gasteiger partial charge in [0.15, 0.2) is 11.5 Å². The number of benzene rings is 2. The molecule has 0 aromatic heterocycles. The van der Waals surface area contributed by atoms with Crippen LogP contribution in [0.25, 0.3) is 0 Å². The fourth-order valence-electron chi connectivity index (χ4n) is 1.86. The van der Waals surface area contributed by atoms with Crippen molar-refractivity contribution in [3.05, 3.63) is 57.6 Å². The van der Waals surface area contributed by atoms with E-state index >= 15 is 0 Å². The third kappa shape index (κ3) is 3.84. The van der Waals surface area contributed by atoms with Gasteiger partial charge < -0.3 is 14.6 Å². The van der Waals surface area contributed by atoms with Crippen molar-refractivity contribution in [3.8, 4) is 11.5 Å². The molecule has 4 nitrogen and oxygen atoms in total. The number of rotatable bonds is 6. The second kappa shape index (κ2) is 7.38. The van der Waals surface area contributed by atoms with Crippen molar-refractivity contribution in [1.29, 1.82) is 0 Å². The standard InChI is InChI=1S/C16H14Cl2O4/c1-2-21-14-8-11(16(19)20)7-13(18)15(14)22-9-10-5-3-4-6-12(10)17/h3-8H,2,9H2,1H3,(H,19,20). The topological polar surface area (TPSA) is 55.8 Å². The van der Waals surface area contributed by atoms with Crippen LogP contribution >= 0.6 is 23.2 Å². The minimum absolute atomic E-state index is 0.0403. The monoisotopic (exact) mass is 340 g/mol. The van der Waals surface area contributed by atoms with Crippen LogP contribution in [0.15, 0.2) is 36.4 Å². The van der Waals surface area contributed by atoms with E-state index in [0.29, 0.717) is 23.1 Å². The van der Waals surface area contributed by atoms with E-state index in [0.717, 1.165) is 5.56 Å². The van der Waals surface area contributed by atoms with Gasteiger partial charge in [-0.05, 0) is 25.1 Å². The fraction of sp³-hybridized carbons (Fsp3) is 0.188. The molecule has 0 aliphatic rings. The first-order chi connectivity index (χ1) is 10.5. The van der Waals surface area contributed by atoms with Gasteiger partial charge in [-0.25, -0.2) is 4.79 Å². The number of carboxylic acids is 1. The number of carbonyl (C=O) groups is 1. The molecule has 0 radical (unpaired) electrons. The first-order valence-electron chi connectivity index (χ1n) is 6.58. The molecule has 0 saturated heterocycles. The Morgan fingerprint density at radius 3 is 2.50 bits per heavy atom. The van der Waals surface area contributed by atoms with Crippen LogP contribution in [0, 0.1) is 0 Å². The molecular formula is C16H14Cl2O4. The molecule has 0 bridgehead atoms. The molecule has 2 rings (SSSR count). The lowest BCUT2D eigenvalue weighted by Gasteiger charge is -2.15. The molecular weight excluding hydrogens is 327 g/mol. The molecule has 0 unspecified atom stereocenters. The van der Waals surface area contributed by atoms with Crippen molar-refractivity contribution in [1.82, 2.24) is 0 Å². The quantitative estimate of drug-likeness (QED) is 0.830. The first kappa shape index (κ1) is 16.5. The summed E-state index contributed by atoms with van der Waals surface area (Å²) in [5.41, 5.74) is 0.837. The van der Waals surface area contributed by atoms with Crippen LogP contribution in [0.1, 0.15) is 22.8 Å². The lowest BCUT2D eigenvalue weighted by atomic mass is 10.2. The van der Waals surface area contributed by atoms with Gasteiger partial charge in [-0.1, -0.05) is 41.4 Å². The maximum Gasteiger partial charge on any atom is 0.335 e. The predicted molar refractivity (Wildman–Crippen MR) is 85.4 cm³/mol. The van der Waals surface area contributed by atoms with E-state index in [9.17, 15) is 4.79 Å². The number of halogens is 2. The minimum atomic E-state index is -1.08. The number of hydrogen-bond donors (Lipinski definition) is 1. The van der Waals surface area contributed by atoms with E-state index in [2.05, 4.69) is 0 Å². The third-order valence-electron chi connectivity index (χ3n) is 2.89. The smallest absolute Gasteiger partial charge is 0.335 e. The summed E-state index contributed by atoms with van der Waals surface area (Å²) >= 11 is 12.2. The molecule has 0 aliphatic heterocycles. The summed E-state index contributed by atoms with van der Waals surface area (Å²) < 4.78 is 11.1. The SMILES string of the molecule is CCOc1cc(C(=O)O)cc(Cl)c1OCc1ccccc1Cl. The first-order valence-corrected chi connectivity index (χ1v) is 7.34. The summed E-state index contributed by atoms with van der Waals surface area (Å²) in [6.45, 7) is 2.35. The van der Waals surface area contributed by atoms with Gasteiger partial charge in [-0.3, -0.25) is 0 Å². The van der Waals surface area contributed by atoms with E-state index in [4.69, 9.17) is 37.8 Å². The number of carboxylic acid groups (broad SMARTS) is 1. The Labute approximate surface area is 138 Å². The van der Waals surface area contributed by atoms with Gasteiger partial charge in [0.2, 0.25) is 0 Å². The Balaban J connectivity index is 2.29. The van der Waals surface area contributed by atoms with Gasteiger partial charge in [0, 0.05) is 10.6 Å². The molecule has 0 atom stereocenters. The van der Waals surface area contributed by atoms with Crippen LogP contribution in [0.3, 0.4) is 0 Å². The molecule has 0 amide bonds. The van der Waals surface area contributed by atoms with Crippen molar-refractivity contribution < 1.29 is 19.4 Å². The summed E-state index contributed by atoms with van der Waals surface area (Å²) in [5, 5.41) is 9.82. The summed E-state index contributed by atoms with van der Waals surface area (Å²) in [7, 11) is 0. The summed E-state index contributed by atoms with van der Waals surface area (Å²) in [4.78, 5) is 11.1. The molecule has 116 valence electrons. The summed E-state index contributed by atoms with van der Waals surface area (Å²) in [6.07, 6.45) is 0. The number of aromatic carboxylic acids is 1. The fourth-order valence-corrected chi connectivity index (χ4v) is 2.32.